The predicted molar refractivity (Wildman–Crippen MR) is 57.7 cm³/mol. The molecule has 1 unspecified atom stereocenters. The number of hydrogen-bond acceptors (Lipinski definition) is 3. The Morgan fingerprint density at radius 3 is 2.38 bits per heavy atom. The number of benzene rings is 1. The van der Waals surface area contributed by atoms with Crippen LogP contribution in [0.15, 0.2) is 24.3 Å². The Morgan fingerprint density at radius 1 is 1.44 bits per heavy atom. The standard InChI is InChI=1S/C12H12N2O2/c13-7-8-1-3-9(4-2-8)12(5-6-12)10(14)11(15)16/h1-4,10H,5-6,14H2,(H,15,16). The number of carbonyl (C=O) groups is 1. The van der Waals surface area contributed by atoms with Gasteiger partial charge in [0.25, 0.3) is 0 Å². The highest BCUT2D eigenvalue weighted by atomic mass is 16.4. The van der Waals surface area contributed by atoms with E-state index >= 15 is 0 Å². The molecule has 16 heavy (non-hydrogen) atoms. The molecule has 2 rings (SSSR count). The third-order valence-electron chi connectivity index (χ3n) is 3.24. The maximum absolute atomic E-state index is 10.9. The van der Waals surface area contributed by atoms with Crippen molar-refractivity contribution in [1.29, 1.82) is 5.26 Å². The van der Waals surface area contributed by atoms with E-state index in [2.05, 4.69) is 0 Å². The van der Waals surface area contributed by atoms with Crippen LogP contribution in [0.4, 0.5) is 0 Å². The Kier molecular flexibility index (Phi) is 2.41. The number of carboxylic acids is 1. The van der Waals surface area contributed by atoms with Gasteiger partial charge in [-0.3, -0.25) is 4.79 Å². The van der Waals surface area contributed by atoms with Gasteiger partial charge in [-0.05, 0) is 30.5 Å². The second-order valence-corrected chi connectivity index (χ2v) is 4.16. The Balaban J connectivity index is 2.30. The van der Waals surface area contributed by atoms with Gasteiger partial charge in [-0.1, -0.05) is 12.1 Å². The Bertz CT molecular complexity index is 455. The molecule has 82 valence electrons. The molecule has 0 saturated heterocycles. The molecule has 0 aliphatic heterocycles. The molecular formula is C12H12N2O2. The molecule has 1 aliphatic carbocycles. The van der Waals surface area contributed by atoms with Gasteiger partial charge in [0.15, 0.2) is 0 Å². The zero-order chi connectivity index (χ0) is 11.8. The number of hydrogen-bond donors (Lipinski definition) is 2. The molecule has 0 amide bonds. The number of aliphatic carboxylic acids is 1. The second kappa shape index (κ2) is 3.62. The molecule has 3 N–H and O–H groups in total. The average Bonchev–Trinajstić information content (AvgIpc) is 3.09. The lowest BCUT2D eigenvalue weighted by molar-refractivity contribution is -0.139. The van der Waals surface area contributed by atoms with Crippen molar-refractivity contribution < 1.29 is 9.90 Å². The van der Waals surface area contributed by atoms with E-state index in [-0.39, 0.29) is 0 Å². The predicted octanol–water partition coefficient (Wildman–Crippen LogP) is 1.00. The Morgan fingerprint density at radius 2 is 2.00 bits per heavy atom. The van der Waals surface area contributed by atoms with Crippen LogP contribution in [0.25, 0.3) is 0 Å². The highest BCUT2D eigenvalue weighted by Gasteiger charge is 2.52. The Hall–Kier alpha value is -1.86. The number of nitriles is 1. The van der Waals surface area contributed by atoms with Crippen LogP contribution < -0.4 is 5.73 Å². The zero-order valence-electron chi connectivity index (χ0n) is 8.68. The Labute approximate surface area is 93.3 Å². The first-order valence-electron chi connectivity index (χ1n) is 5.09. The van der Waals surface area contributed by atoms with Gasteiger partial charge in [-0.2, -0.15) is 5.26 Å². The van der Waals surface area contributed by atoms with Crippen molar-refractivity contribution in [3.63, 3.8) is 0 Å². The molecule has 0 radical (unpaired) electrons. The van der Waals surface area contributed by atoms with Crippen molar-refractivity contribution in [2.75, 3.05) is 0 Å². The molecule has 1 aromatic carbocycles. The van der Waals surface area contributed by atoms with E-state index in [1.54, 1.807) is 24.3 Å². The summed E-state index contributed by atoms with van der Waals surface area (Å²) in [4.78, 5) is 10.9. The minimum Gasteiger partial charge on any atom is -0.480 e. The average molecular weight is 216 g/mol. The summed E-state index contributed by atoms with van der Waals surface area (Å²) >= 11 is 0. The van der Waals surface area contributed by atoms with E-state index in [1.807, 2.05) is 6.07 Å². The van der Waals surface area contributed by atoms with Crippen LogP contribution in [0.2, 0.25) is 0 Å². The molecule has 1 aromatic rings. The molecule has 0 aromatic heterocycles. The fourth-order valence-corrected chi connectivity index (χ4v) is 2.03. The molecule has 4 nitrogen and oxygen atoms in total. The maximum Gasteiger partial charge on any atom is 0.321 e. The largest absolute Gasteiger partial charge is 0.480 e. The second-order valence-electron chi connectivity index (χ2n) is 4.16. The molecule has 0 heterocycles. The van der Waals surface area contributed by atoms with Crippen molar-refractivity contribution in [2.45, 2.75) is 24.3 Å². The number of carboxylic acid groups (broad SMARTS) is 1. The third kappa shape index (κ3) is 1.55. The lowest BCUT2D eigenvalue weighted by atomic mass is 9.88. The number of nitrogens with two attached hydrogens (primary N) is 1. The van der Waals surface area contributed by atoms with Gasteiger partial charge >= 0.3 is 5.97 Å². The molecule has 1 atom stereocenters. The smallest absolute Gasteiger partial charge is 0.321 e. The van der Waals surface area contributed by atoms with E-state index in [4.69, 9.17) is 16.1 Å². The topological polar surface area (TPSA) is 87.1 Å². The first-order valence-corrected chi connectivity index (χ1v) is 5.09. The third-order valence-corrected chi connectivity index (χ3v) is 3.24. The van der Waals surface area contributed by atoms with Crippen LogP contribution in [0.1, 0.15) is 24.0 Å². The summed E-state index contributed by atoms with van der Waals surface area (Å²) in [5.74, 6) is -0.971. The van der Waals surface area contributed by atoms with Crippen LogP contribution in [0.3, 0.4) is 0 Å². The van der Waals surface area contributed by atoms with Gasteiger partial charge < -0.3 is 10.8 Å². The molecular weight excluding hydrogens is 204 g/mol. The summed E-state index contributed by atoms with van der Waals surface area (Å²) in [7, 11) is 0. The molecule has 0 spiro atoms. The van der Waals surface area contributed by atoms with Crippen LogP contribution in [-0.2, 0) is 10.2 Å². The van der Waals surface area contributed by atoms with Crippen molar-refractivity contribution >= 4 is 5.97 Å². The lowest BCUT2D eigenvalue weighted by Gasteiger charge is -2.20. The number of nitrogens with zero attached hydrogens (tertiary/aromatic N) is 1. The maximum atomic E-state index is 10.9. The molecule has 4 heteroatoms. The highest BCUT2D eigenvalue weighted by Crippen LogP contribution is 2.50. The van der Waals surface area contributed by atoms with Gasteiger partial charge in [-0.25, -0.2) is 0 Å². The van der Waals surface area contributed by atoms with E-state index in [9.17, 15) is 4.79 Å². The van der Waals surface area contributed by atoms with Gasteiger partial charge in [0, 0.05) is 5.41 Å². The first-order chi connectivity index (χ1) is 7.60. The fourth-order valence-electron chi connectivity index (χ4n) is 2.03. The summed E-state index contributed by atoms with van der Waals surface area (Å²) in [6.45, 7) is 0. The van der Waals surface area contributed by atoms with E-state index in [1.165, 1.54) is 0 Å². The summed E-state index contributed by atoms with van der Waals surface area (Å²) in [6, 6.07) is 8.17. The van der Waals surface area contributed by atoms with Crippen molar-refractivity contribution in [2.24, 2.45) is 5.73 Å². The van der Waals surface area contributed by atoms with E-state index < -0.39 is 17.4 Å². The monoisotopic (exact) mass is 216 g/mol. The van der Waals surface area contributed by atoms with Crippen LogP contribution in [0, 0.1) is 11.3 Å². The van der Waals surface area contributed by atoms with E-state index in [0.29, 0.717) is 5.56 Å². The van der Waals surface area contributed by atoms with Crippen molar-refractivity contribution in [1.82, 2.24) is 0 Å². The molecule has 1 saturated carbocycles. The molecule has 0 bridgehead atoms. The van der Waals surface area contributed by atoms with Gasteiger partial charge in [0.05, 0.1) is 11.6 Å². The van der Waals surface area contributed by atoms with Gasteiger partial charge in [0.1, 0.15) is 6.04 Å². The van der Waals surface area contributed by atoms with Gasteiger partial charge in [0.2, 0.25) is 0 Å². The minimum absolute atomic E-state index is 0.417. The molecule has 1 fully saturated rings. The van der Waals surface area contributed by atoms with Crippen LogP contribution in [0.5, 0.6) is 0 Å². The number of rotatable bonds is 3. The highest BCUT2D eigenvalue weighted by molar-refractivity contribution is 5.77. The summed E-state index contributed by atoms with van der Waals surface area (Å²) < 4.78 is 0. The summed E-state index contributed by atoms with van der Waals surface area (Å²) in [5.41, 5.74) is 6.77. The SMILES string of the molecule is N#Cc1ccc(C2(C(N)C(=O)O)CC2)cc1. The normalized spacial score (nSPS) is 18.5. The van der Waals surface area contributed by atoms with Crippen LogP contribution >= 0.6 is 0 Å². The minimum atomic E-state index is -0.971. The quantitative estimate of drug-likeness (QED) is 0.789. The van der Waals surface area contributed by atoms with E-state index in [0.717, 1.165) is 18.4 Å². The van der Waals surface area contributed by atoms with Crippen molar-refractivity contribution in [3.8, 4) is 6.07 Å². The van der Waals surface area contributed by atoms with Crippen LogP contribution in [-0.4, -0.2) is 17.1 Å². The summed E-state index contributed by atoms with van der Waals surface area (Å²) in [5, 5.41) is 17.6. The first kappa shape index (κ1) is 10.7. The van der Waals surface area contributed by atoms with Gasteiger partial charge in [-0.15, -0.1) is 0 Å². The zero-order valence-corrected chi connectivity index (χ0v) is 8.68. The lowest BCUT2D eigenvalue weighted by Crippen LogP contribution is -2.41. The summed E-state index contributed by atoms with van der Waals surface area (Å²) in [6.07, 6.45) is 1.60. The van der Waals surface area contributed by atoms with Crippen molar-refractivity contribution in [3.05, 3.63) is 35.4 Å². The molecule has 1 aliphatic rings. The fraction of sp³-hybridized carbons (Fsp3) is 0.333.